The molecule has 0 atom stereocenters. The average molecular weight is 286 g/mol. The summed E-state index contributed by atoms with van der Waals surface area (Å²) in [7, 11) is 0. The largest absolute Gasteiger partial charge is 0.265 e. The highest BCUT2D eigenvalue weighted by Gasteiger charge is 2.31. The van der Waals surface area contributed by atoms with Gasteiger partial charge in [0.15, 0.2) is 0 Å². The van der Waals surface area contributed by atoms with E-state index in [0.29, 0.717) is 0 Å². The molecule has 2 heteroatoms. The second kappa shape index (κ2) is 5.25. The summed E-state index contributed by atoms with van der Waals surface area (Å²) in [6.45, 7) is 13.7. The van der Waals surface area contributed by atoms with Crippen LogP contribution in [0.5, 0.6) is 0 Å². The van der Waals surface area contributed by atoms with E-state index in [1.165, 1.54) is 20.9 Å². The Kier molecular flexibility index (Phi) is 3.97. The second-order valence-electron chi connectivity index (χ2n) is 7.31. The van der Waals surface area contributed by atoms with Crippen molar-refractivity contribution in [1.29, 1.82) is 0 Å². The molecule has 0 spiro atoms. The Morgan fingerprint density at radius 3 is 1.60 bits per heavy atom. The summed E-state index contributed by atoms with van der Waals surface area (Å²) in [5.74, 6) is 0. The molecule has 0 aliphatic heterocycles. The molecule has 0 fully saturated rings. The fourth-order valence-electron chi connectivity index (χ4n) is 1.95. The molecule has 0 unspecified atom stereocenters. The summed E-state index contributed by atoms with van der Waals surface area (Å²) in [4.78, 5) is 6.97. The van der Waals surface area contributed by atoms with Gasteiger partial charge in [0.1, 0.15) is 0 Å². The normalized spacial score (nSPS) is 12.5. The lowest BCUT2D eigenvalue weighted by atomic mass is 9.90. The van der Waals surface area contributed by atoms with E-state index in [4.69, 9.17) is 0 Å². The first-order valence-corrected chi connectivity index (χ1v) is 7.89. The average Bonchev–Trinajstić information content (AvgIpc) is 2.37. The minimum absolute atomic E-state index is 0.174. The predicted octanol–water partition coefficient (Wildman–Crippen LogP) is 5.69. The first-order valence-electron chi connectivity index (χ1n) is 7.07. The Morgan fingerprint density at radius 2 is 1.20 bits per heavy atom. The van der Waals surface area contributed by atoms with Crippen LogP contribution in [0.2, 0.25) is 0 Å². The summed E-state index contributed by atoms with van der Waals surface area (Å²) >= 11 is 1.93. The lowest BCUT2D eigenvalue weighted by Gasteiger charge is -2.16. The van der Waals surface area contributed by atoms with Gasteiger partial charge in [0.25, 0.3) is 0 Å². The van der Waals surface area contributed by atoms with Crippen LogP contribution in [0.4, 0.5) is 0 Å². The van der Waals surface area contributed by atoms with Crippen molar-refractivity contribution in [2.45, 2.75) is 52.4 Å². The molecule has 0 aromatic carbocycles. The Morgan fingerprint density at radius 1 is 0.750 bits per heavy atom. The van der Waals surface area contributed by atoms with Crippen LogP contribution in [0.3, 0.4) is 0 Å². The Balaban J connectivity index is 2.64. The zero-order valence-corrected chi connectivity index (χ0v) is 14.1. The highest BCUT2D eigenvalue weighted by atomic mass is 32.1. The van der Waals surface area contributed by atoms with Crippen LogP contribution < -0.4 is 0 Å². The molecule has 0 amide bonds. The number of nitrogens with zero attached hydrogens (tertiary/aromatic N) is 1. The molecule has 2 aromatic rings. The van der Waals surface area contributed by atoms with Crippen molar-refractivity contribution < 1.29 is 0 Å². The molecular weight excluding hydrogens is 262 g/mol. The molecular formula is C18H24NS+. The third-order valence-corrected chi connectivity index (χ3v) is 5.19. The van der Waals surface area contributed by atoms with E-state index in [-0.39, 0.29) is 10.8 Å². The minimum Gasteiger partial charge on any atom is -0.265 e. The van der Waals surface area contributed by atoms with Crippen molar-refractivity contribution in [1.82, 2.24) is 4.98 Å². The summed E-state index contributed by atoms with van der Waals surface area (Å²) < 4.78 is 0. The van der Waals surface area contributed by atoms with Crippen LogP contribution in [0.15, 0.2) is 36.7 Å². The van der Waals surface area contributed by atoms with E-state index >= 15 is 0 Å². The molecule has 1 nitrogen and oxygen atoms in total. The van der Waals surface area contributed by atoms with E-state index < -0.39 is 0 Å². The van der Waals surface area contributed by atoms with Crippen molar-refractivity contribution in [3.8, 4) is 11.1 Å². The smallest absolute Gasteiger partial charge is 0.219 e. The van der Waals surface area contributed by atoms with Crippen molar-refractivity contribution in [3.05, 3.63) is 46.4 Å². The van der Waals surface area contributed by atoms with E-state index in [2.05, 4.69) is 70.8 Å². The summed E-state index contributed by atoms with van der Waals surface area (Å²) in [6.07, 6.45) is 3.72. The van der Waals surface area contributed by atoms with Gasteiger partial charge in [-0.25, -0.2) is 0 Å². The van der Waals surface area contributed by atoms with E-state index in [1.807, 2.05) is 23.7 Å². The van der Waals surface area contributed by atoms with Crippen molar-refractivity contribution in [2.24, 2.45) is 0 Å². The van der Waals surface area contributed by atoms with Crippen molar-refractivity contribution in [2.75, 3.05) is 0 Å². The third-order valence-electron chi connectivity index (χ3n) is 3.29. The third kappa shape index (κ3) is 3.43. The zero-order chi connectivity index (χ0) is 15.0. The van der Waals surface area contributed by atoms with Gasteiger partial charge in [-0.05, 0) is 23.3 Å². The minimum atomic E-state index is 0.174. The molecule has 0 saturated carbocycles. The molecule has 2 rings (SSSR count). The van der Waals surface area contributed by atoms with Gasteiger partial charge in [-0.15, -0.1) is 0 Å². The van der Waals surface area contributed by atoms with Gasteiger partial charge in [0.05, 0.1) is 0 Å². The summed E-state index contributed by atoms with van der Waals surface area (Å²) in [6, 6.07) is 8.82. The lowest BCUT2D eigenvalue weighted by Crippen LogP contribution is -2.14. The molecule has 0 bridgehead atoms. The maximum atomic E-state index is 4.12. The summed E-state index contributed by atoms with van der Waals surface area (Å²) in [5, 5.41) is 0. The van der Waals surface area contributed by atoms with Gasteiger partial charge in [0.2, 0.25) is 21.1 Å². The van der Waals surface area contributed by atoms with Gasteiger partial charge in [-0.1, -0.05) is 41.5 Å². The Hall–Kier alpha value is -1.28. The van der Waals surface area contributed by atoms with Gasteiger partial charge in [-0.2, -0.15) is 0 Å². The predicted molar refractivity (Wildman–Crippen MR) is 89.4 cm³/mol. The molecule has 2 heterocycles. The van der Waals surface area contributed by atoms with E-state index in [1.54, 1.807) is 0 Å². The number of hydrogen-bond acceptors (Lipinski definition) is 1. The number of aromatic nitrogens is 1. The molecule has 20 heavy (non-hydrogen) atoms. The van der Waals surface area contributed by atoms with Crippen LogP contribution in [0, 0.1) is 0 Å². The molecule has 0 aliphatic rings. The van der Waals surface area contributed by atoms with Gasteiger partial charge < -0.3 is 0 Å². The highest BCUT2D eigenvalue weighted by Crippen LogP contribution is 2.37. The molecule has 0 aliphatic carbocycles. The van der Waals surface area contributed by atoms with Crippen LogP contribution >= 0.6 is 11.3 Å². The van der Waals surface area contributed by atoms with Crippen LogP contribution in [0.25, 0.3) is 11.1 Å². The van der Waals surface area contributed by atoms with Crippen LogP contribution in [0.1, 0.15) is 51.3 Å². The van der Waals surface area contributed by atoms with Gasteiger partial charge >= 0.3 is 0 Å². The van der Waals surface area contributed by atoms with Crippen molar-refractivity contribution in [3.63, 3.8) is 0 Å². The number of hydrogen-bond donors (Lipinski definition) is 0. The SMILES string of the molecule is CC(C)(C)c1cc(-c2ccncc2)cc(C(C)(C)C)[s+]1. The quantitative estimate of drug-likeness (QED) is 0.614. The molecule has 0 N–H and O–H groups in total. The summed E-state index contributed by atoms with van der Waals surface area (Å²) in [5.41, 5.74) is 2.88. The molecule has 0 radical (unpaired) electrons. The van der Waals surface area contributed by atoms with Crippen molar-refractivity contribution >= 4 is 11.3 Å². The number of rotatable bonds is 1. The van der Waals surface area contributed by atoms with Crippen LogP contribution in [-0.2, 0) is 10.8 Å². The standard InChI is InChI=1S/C18H24NS/c1-17(2,3)15-11-14(13-7-9-19-10-8-13)12-16(20-15)18(4,5)6/h7-12H,1-6H3/q+1. The maximum absolute atomic E-state index is 4.12. The fraction of sp³-hybridized carbons (Fsp3) is 0.444. The molecule has 106 valence electrons. The highest BCUT2D eigenvalue weighted by molar-refractivity contribution is 7.12. The fourth-order valence-corrected chi connectivity index (χ4v) is 3.17. The first kappa shape index (κ1) is 15.1. The Labute approximate surface area is 126 Å². The first-order chi connectivity index (χ1) is 9.18. The van der Waals surface area contributed by atoms with E-state index in [0.717, 1.165) is 0 Å². The number of pyridine rings is 1. The molecule has 2 aromatic heterocycles. The van der Waals surface area contributed by atoms with Gasteiger partial charge in [-0.3, -0.25) is 4.98 Å². The second-order valence-corrected chi connectivity index (χ2v) is 8.39. The monoisotopic (exact) mass is 286 g/mol. The van der Waals surface area contributed by atoms with Gasteiger partial charge in [0, 0.05) is 35.4 Å². The van der Waals surface area contributed by atoms with E-state index in [9.17, 15) is 0 Å². The lowest BCUT2D eigenvalue weighted by molar-refractivity contribution is 0.593. The maximum Gasteiger partial charge on any atom is 0.219 e. The zero-order valence-electron chi connectivity index (χ0n) is 13.3. The Bertz CT molecular complexity index is 557. The van der Waals surface area contributed by atoms with Crippen LogP contribution in [-0.4, -0.2) is 4.98 Å². The topological polar surface area (TPSA) is 12.9 Å². The molecule has 0 saturated heterocycles.